The van der Waals surface area contributed by atoms with Crippen LogP contribution in [-0.4, -0.2) is 128 Å². The third-order valence-corrected chi connectivity index (χ3v) is 12.8. The first-order valence-corrected chi connectivity index (χ1v) is 27.1. The lowest BCUT2D eigenvalue weighted by molar-refractivity contribution is -0.131. The lowest BCUT2D eigenvalue weighted by Crippen LogP contribution is -2.34. The number of nitrogens with zero attached hydrogens (tertiary/aromatic N) is 1. The summed E-state index contributed by atoms with van der Waals surface area (Å²) in [5.41, 5.74) is 8.89. The van der Waals surface area contributed by atoms with E-state index >= 15 is 0 Å². The fraction of sp³-hybridized carbons (Fsp3) is 0.517. The fourth-order valence-electron chi connectivity index (χ4n) is 8.19. The Morgan fingerprint density at radius 3 is 1.14 bits per heavy atom. The summed E-state index contributed by atoms with van der Waals surface area (Å²) >= 11 is 0. The molecular weight excluding hydrogens is 973 g/mol. The van der Waals surface area contributed by atoms with Gasteiger partial charge in [0.1, 0.15) is 5.78 Å². The lowest BCUT2D eigenvalue weighted by atomic mass is 10.0. The molecule has 0 fully saturated rings. The number of benzene rings is 4. The number of unbranched alkanes of at least 4 members (excludes halogenated alkanes) is 7. The summed E-state index contributed by atoms with van der Waals surface area (Å²) in [7, 11) is 0. The highest BCUT2D eigenvalue weighted by Crippen LogP contribution is 2.28. The number of carbonyl (C=O) groups excluding carboxylic acids is 4. The van der Waals surface area contributed by atoms with Gasteiger partial charge in [0.2, 0.25) is 17.7 Å². The number of hydrogen-bond acceptors (Lipinski definition) is 15. The second-order valence-electron chi connectivity index (χ2n) is 19.2. The minimum Gasteiger partial charge on any atom is -0.504 e. The van der Waals surface area contributed by atoms with Crippen molar-refractivity contribution in [2.75, 3.05) is 58.9 Å². The molecule has 4 aromatic rings. The molecule has 0 aliphatic carbocycles. The van der Waals surface area contributed by atoms with E-state index in [0.717, 1.165) is 106 Å². The molecule has 0 saturated carbocycles. The van der Waals surface area contributed by atoms with E-state index in [4.69, 9.17) is 5.73 Å². The minimum atomic E-state index is -0.184. The van der Waals surface area contributed by atoms with Crippen LogP contribution in [0.4, 0.5) is 0 Å². The van der Waals surface area contributed by atoms with Crippen molar-refractivity contribution in [3.05, 3.63) is 95.1 Å². The maximum atomic E-state index is 12.7. The van der Waals surface area contributed by atoms with Crippen molar-refractivity contribution < 1.29 is 60.0 Å². The van der Waals surface area contributed by atoms with E-state index < -0.39 is 0 Å². The summed E-state index contributed by atoms with van der Waals surface area (Å²) in [6.07, 6.45) is 16.2. The molecule has 0 aliphatic rings. The molecule has 0 bridgehead atoms. The summed E-state index contributed by atoms with van der Waals surface area (Å²) in [5.74, 6) is -1.09. The summed E-state index contributed by atoms with van der Waals surface area (Å²) in [6.45, 7) is 6.47. The van der Waals surface area contributed by atoms with Crippen LogP contribution in [0.1, 0.15) is 131 Å². The number of aryl methyl sites for hydroxylation is 4. The van der Waals surface area contributed by atoms with Crippen molar-refractivity contribution >= 4 is 23.5 Å². The number of hydrogen-bond donors (Lipinski definition) is 13. The molecule has 0 unspecified atom stereocenters. The van der Waals surface area contributed by atoms with Gasteiger partial charge in [-0.3, -0.25) is 19.2 Å². The van der Waals surface area contributed by atoms with Crippen molar-refractivity contribution in [3.63, 3.8) is 0 Å². The summed E-state index contributed by atoms with van der Waals surface area (Å²) in [6, 6.07) is 18.5. The zero-order chi connectivity index (χ0) is 55.3. The summed E-state index contributed by atoms with van der Waals surface area (Å²) in [5, 5.41) is 88.1. The van der Waals surface area contributed by atoms with Gasteiger partial charge in [-0.15, -0.1) is 0 Å². The quantitative estimate of drug-likeness (QED) is 0.0159. The first kappa shape index (κ1) is 63.5. The SMILES string of the molecule is NCCCN(CCCCNCCCNC(=O)CCc1ccc(O)c(O)c1)C(=O)CCc1ccc(O)c(O)c1.O=C(CCCCCCCCCNCCCNC(=O)CCc1ccc(O)c(O)c1)CCc1ccc(O)c(O)c1. The second-order valence-corrected chi connectivity index (χ2v) is 19.2. The van der Waals surface area contributed by atoms with E-state index in [2.05, 4.69) is 21.3 Å². The number of rotatable bonds is 38. The van der Waals surface area contributed by atoms with Crippen molar-refractivity contribution in [3.8, 4) is 46.0 Å². The van der Waals surface area contributed by atoms with Crippen LogP contribution in [0.25, 0.3) is 0 Å². The van der Waals surface area contributed by atoms with Gasteiger partial charge in [-0.1, -0.05) is 56.4 Å². The van der Waals surface area contributed by atoms with Gasteiger partial charge in [0, 0.05) is 58.3 Å². The number of aromatic hydroxyl groups is 8. The Balaban J connectivity index is 0.000000400. The Morgan fingerprint density at radius 2 is 0.724 bits per heavy atom. The van der Waals surface area contributed by atoms with Crippen LogP contribution >= 0.6 is 0 Å². The molecule has 3 amide bonds. The smallest absolute Gasteiger partial charge is 0.222 e. The van der Waals surface area contributed by atoms with Crippen molar-refractivity contribution in [1.29, 1.82) is 0 Å². The van der Waals surface area contributed by atoms with Gasteiger partial charge in [0.05, 0.1) is 0 Å². The Labute approximate surface area is 448 Å². The molecule has 0 aliphatic heterocycles. The Morgan fingerprint density at radius 1 is 0.368 bits per heavy atom. The van der Waals surface area contributed by atoms with Gasteiger partial charge < -0.3 is 72.8 Å². The third-order valence-electron chi connectivity index (χ3n) is 12.8. The predicted octanol–water partition coefficient (Wildman–Crippen LogP) is 6.99. The number of amides is 3. The van der Waals surface area contributed by atoms with E-state index in [9.17, 15) is 60.0 Å². The number of Topliss-reactive ketones (excluding diaryl/α,β-unsaturated/α-hetero) is 1. The molecule has 18 nitrogen and oxygen atoms in total. The largest absolute Gasteiger partial charge is 0.504 e. The van der Waals surface area contributed by atoms with Crippen LogP contribution in [0.3, 0.4) is 0 Å². The summed E-state index contributed by atoms with van der Waals surface area (Å²) < 4.78 is 0. The van der Waals surface area contributed by atoms with Gasteiger partial charge in [-0.2, -0.15) is 0 Å². The molecule has 0 atom stereocenters. The van der Waals surface area contributed by atoms with Crippen LogP contribution in [0.5, 0.6) is 46.0 Å². The zero-order valence-electron chi connectivity index (χ0n) is 44.4. The van der Waals surface area contributed by atoms with Crippen molar-refractivity contribution in [2.24, 2.45) is 5.73 Å². The average molecular weight is 1060 g/mol. The molecule has 18 heteroatoms. The third kappa shape index (κ3) is 28.2. The fourth-order valence-corrected chi connectivity index (χ4v) is 8.19. The number of phenolic OH excluding ortho intramolecular Hbond substituents is 8. The zero-order valence-corrected chi connectivity index (χ0v) is 44.4. The van der Waals surface area contributed by atoms with Crippen LogP contribution in [-0.2, 0) is 44.9 Å². The molecular formula is C58H86N6O12. The molecule has 4 aromatic carbocycles. The molecule has 0 saturated heterocycles. The molecule has 76 heavy (non-hydrogen) atoms. The maximum absolute atomic E-state index is 12.7. The highest BCUT2D eigenvalue weighted by atomic mass is 16.3. The van der Waals surface area contributed by atoms with E-state index in [-0.39, 0.29) is 69.5 Å². The van der Waals surface area contributed by atoms with Crippen LogP contribution in [0.2, 0.25) is 0 Å². The second kappa shape index (κ2) is 37.9. The molecule has 0 radical (unpaired) electrons. The van der Waals surface area contributed by atoms with Crippen LogP contribution in [0, 0.1) is 0 Å². The number of nitrogens with two attached hydrogens (primary N) is 1. The molecule has 420 valence electrons. The van der Waals surface area contributed by atoms with Crippen molar-refractivity contribution in [1.82, 2.24) is 26.2 Å². The van der Waals surface area contributed by atoms with E-state index in [1.54, 1.807) is 24.3 Å². The Kier molecular flexibility index (Phi) is 31.7. The normalized spacial score (nSPS) is 10.9. The van der Waals surface area contributed by atoms with Gasteiger partial charge in [-0.05, 0) is 174 Å². The van der Waals surface area contributed by atoms with Gasteiger partial charge in [0.25, 0.3) is 0 Å². The van der Waals surface area contributed by atoms with Crippen LogP contribution < -0.4 is 27.0 Å². The highest BCUT2D eigenvalue weighted by Gasteiger charge is 2.14. The van der Waals surface area contributed by atoms with Gasteiger partial charge in [-0.25, -0.2) is 0 Å². The van der Waals surface area contributed by atoms with E-state index in [0.29, 0.717) is 90.5 Å². The first-order valence-electron chi connectivity index (χ1n) is 27.1. The predicted molar refractivity (Wildman–Crippen MR) is 295 cm³/mol. The monoisotopic (exact) mass is 1060 g/mol. The molecule has 14 N–H and O–H groups in total. The number of carbonyl (C=O) groups is 4. The topological polar surface area (TPSA) is 308 Å². The Hall–Kier alpha value is -6.76. The summed E-state index contributed by atoms with van der Waals surface area (Å²) in [4.78, 5) is 50.5. The average Bonchev–Trinajstić information content (AvgIpc) is 3.40. The van der Waals surface area contributed by atoms with Gasteiger partial charge >= 0.3 is 0 Å². The first-order chi connectivity index (χ1) is 36.6. The number of ketones is 1. The molecule has 4 rings (SSSR count). The minimum absolute atomic E-state index is 0.0165. The standard InChI is InChI=1S/C30H44N2O6.C28H42N4O6/c33-25(14-10-23-11-15-26(34)28(36)21-23)9-6-4-2-1-3-5-7-18-31-19-8-20-32-30(38)17-13-24-12-16-27(35)29(37)22-24;29-13-3-18-32(28(38)12-8-22-6-10-24(34)26(36)20-22)17-2-1-14-30-15-4-16-31-27(37)11-7-21-5-9-23(33)25(35)19-21/h11-12,15-16,21-22,31,34-37H,1-10,13-14,17-20H2,(H,32,38);5-6,9-10,19-20,30,33-36H,1-4,7-8,11-18,29H2,(H,31,37). The molecule has 0 aromatic heterocycles. The maximum Gasteiger partial charge on any atom is 0.222 e. The molecule has 0 heterocycles. The molecule has 0 spiro atoms. The van der Waals surface area contributed by atoms with E-state index in [1.165, 1.54) is 67.8 Å². The number of nitrogens with one attached hydrogen (secondary N) is 4. The highest BCUT2D eigenvalue weighted by molar-refractivity contribution is 5.79. The van der Waals surface area contributed by atoms with Crippen molar-refractivity contribution in [2.45, 2.75) is 135 Å². The van der Waals surface area contributed by atoms with Gasteiger partial charge in [0.15, 0.2) is 46.0 Å². The van der Waals surface area contributed by atoms with Crippen LogP contribution in [0.15, 0.2) is 72.8 Å². The van der Waals surface area contributed by atoms with E-state index in [1.807, 2.05) is 4.90 Å². The Bertz CT molecular complexity index is 2250. The number of phenols is 8. The lowest BCUT2D eigenvalue weighted by Gasteiger charge is -2.23.